The Morgan fingerprint density at radius 2 is 2.25 bits per heavy atom. The summed E-state index contributed by atoms with van der Waals surface area (Å²) < 4.78 is 0. The first-order valence-corrected chi connectivity index (χ1v) is 5.22. The lowest BCUT2D eigenvalue weighted by molar-refractivity contribution is 0.139. The Hall–Kier alpha value is 0.210. The molecule has 1 heterocycles. The third kappa shape index (κ3) is 2.92. The smallest absolute Gasteiger partial charge is 0.0351 e. The molecule has 12 heavy (non-hydrogen) atoms. The highest BCUT2D eigenvalue weighted by atomic mass is 35.5. The van der Waals surface area contributed by atoms with Crippen LogP contribution in [0, 0.1) is 0 Å². The molecule has 0 bridgehead atoms. The molecule has 1 saturated heterocycles. The molecule has 1 rings (SSSR count). The normalized spacial score (nSPS) is 26.5. The highest BCUT2D eigenvalue weighted by Gasteiger charge is 2.20. The second-order valence-corrected chi connectivity index (χ2v) is 4.13. The fourth-order valence-electron chi connectivity index (χ4n) is 1.78. The van der Waals surface area contributed by atoms with Crippen LogP contribution in [0.15, 0.2) is 0 Å². The maximum absolute atomic E-state index is 5.71. The van der Waals surface area contributed by atoms with Crippen LogP contribution < -0.4 is 0 Å². The molecular formula is C9H19ClN2. The van der Waals surface area contributed by atoms with Crippen LogP contribution in [0.25, 0.3) is 0 Å². The molecule has 0 amide bonds. The minimum absolute atomic E-state index is 0.738. The number of nitrogens with zero attached hydrogens (tertiary/aromatic N) is 2. The minimum Gasteiger partial charge on any atom is -0.305 e. The van der Waals surface area contributed by atoms with E-state index in [1.54, 1.807) is 0 Å². The van der Waals surface area contributed by atoms with Gasteiger partial charge in [0.1, 0.15) is 0 Å². The van der Waals surface area contributed by atoms with Crippen molar-refractivity contribution in [2.75, 3.05) is 39.6 Å². The summed E-state index contributed by atoms with van der Waals surface area (Å²) in [4.78, 5) is 4.78. The van der Waals surface area contributed by atoms with Gasteiger partial charge in [-0.15, -0.1) is 11.6 Å². The molecule has 0 radical (unpaired) electrons. The van der Waals surface area contributed by atoms with Gasteiger partial charge >= 0.3 is 0 Å². The third-order valence-corrected chi connectivity index (χ3v) is 2.78. The van der Waals surface area contributed by atoms with E-state index >= 15 is 0 Å². The van der Waals surface area contributed by atoms with Crippen molar-refractivity contribution in [3.63, 3.8) is 0 Å². The highest BCUT2D eigenvalue weighted by Crippen LogP contribution is 2.13. The van der Waals surface area contributed by atoms with E-state index in [0.29, 0.717) is 0 Å². The van der Waals surface area contributed by atoms with Crippen LogP contribution in [0.5, 0.6) is 0 Å². The zero-order valence-electron chi connectivity index (χ0n) is 8.09. The van der Waals surface area contributed by atoms with Gasteiger partial charge in [0, 0.05) is 25.0 Å². The SMILES string of the molecule is CN(C)C1CCCN(CCCl)C1. The lowest BCUT2D eigenvalue weighted by Crippen LogP contribution is -2.45. The molecule has 1 aliphatic rings. The average Bonchev–Trinajstić information content (AvgIpc) is 2.05. The molecule has 0 spiro atoms. The summed E-state index contributed by atoms with van der Waals surface area (Å²) in [5.41, 5.74) is 0. The van der Waals surface area contributed by atoms with Gasteiger partial charge in [0.25, 0.3) is 0 Å². The molecule has 0 N–H and O–H groups in total. The zero-order chi connectivity index (χ0) is 8.97. The molecule has 1 unspecified atom stereocenters. The highest BCUT2D eigenvalue weighted by molar-refractivity contribution is 6.18. The number of hydrogen-bond donors (Lipinski definition) is 0. The summed E-state index contributed by atoms with van der Waals surface area (Å²) in [6.45, 7) is 3.47. The van der Waals surface area contributed by atoms with Crippen molar-refractivity contribution in [2.24, 2.45) is 0 Å². The van der Waals surface area contributed by atoms with E-state index in [1.165, 1.54) is 25.9 Å². The molecule has 0 aromatic heterocycles. The summed E-state index contributed by atoms with van der Waals surface area (Å²) in [5, 5.41) is 0. The number of halogens is 1. The largest absolute Gasteiger partial charge is 0.305 e. The standard InChI is InChI=1S/C9H19ClN2/c1-11(2)9-4-3-6-12(8-9)7-5-10/h9H,3-8H2,1-2H3. The van der Waals surface area contributed by atoms with Gasteiger partial charge in [0.15, 0.2) is 0 Å². The van der Waals surface area contributed by atoms with E-state index in [-0.39, 0.29) is 0 Å². The molecule has 0 saturated carbocycles. The number of piperidine rings is 1. The fraction of sp³-hybridized carbons (Fsp3) is 1.00. The van der Waals surface area contributed by atoms with E-state index in [4.69, 9.17) is 11.6 Å². The van der Waals surface area contributed by atoms with E-state index in [0.717, 1.165) is 18.5 Å². The minimum atomic E-state index is 0.738. The Balaban J connectivity index is 2.30. The molecule has 0 aromatic rings. The molecule has 3 heteroatoms. The number of alkyl halides is 1. The topological polar surface area (TPSA) is 6.48 Å². The summed E-state index contributed by atoms with van der Waals surface area (Å²) in [6, 6.07) is 0.738. The van der Waals surface area contributed by atoms with Gasteiger partial charge in [-0.3, -0.25) is 0 Å². The quantitative estimate of drug-likeness (QED) is 0.619. The molecular weight excluding hydrogens is 172 g/mol. The molecule has 1 aliphatic heterocycles. The molecule has 1 fully saturated rings. The average molecular weight is 191 g/mol. The number of rotatable bonds is 3. The summed E-state index contributed by atoms with van der Waals surface area (Å²) in [7, 11) is 4.32. The second-order valence-electron chi connectivity index (χ2n) is 3.75. The first-order valence-electron chi connectivity index (χ1n) is 4.69. The predicted molar refractivity (Wildman–Crippen MR) is 53.9 cm³/mol. The van der Waals surface area contributed by atoms with Gasteiger partial charge in [-0.2, -0.15) is 0 Å². The van der Waals surface area contributed by atoms with Crippen molar-refractivity contribution in [1.29, 1.82) is 0 Å². The Kier molecular flexibility index (Phi) is 4.33. The van der Waals surface area contributed by atoms with Gasteiger partial charge in [-0.05, 0) is 33.5 Å². The van der Waals surface area contributed by atoms with Crippen LogP contribution in [0.4, 0.5) is 0 Å². The zero-order valence-corrected chi connectivity index (χ0v) is 8.85. The van der Waals surface area contributed by atoms with Crippen LogP contribution >= 0.6 is 11.6 Å². The Bertz CT molecular complexity index is 126. The molecule has 1 atom stereocenters. The maximum atomic E-state index is 5.71. The first kappa shape index (κ1) is 10.3. The van der Waals surface area contributed by atoms with Crippen LogP contribution in [0.1, 0.15) is 12.8 Å². The van der Waals surface area contributed by atoms with E-state index in [9.17, 15) is 0 Å². The van der Waals surface area contributed by atoms with Crippen molar-refractivity contribution in [1.82, 2.24) is 9.80 Å². The fourth-order valence-corrected chi connectivity index (χ4v) is 2.01. The van der Waals surface area contributed by atoms with Crippen molar-refractivity contribution >= 4 is 11.6 Å². The van der Waals surface area contributed by atoms with Gasteiger partial charge in [-0.1, -0.05) is 0 Å². The summed E-state index contributed by atoms with van der Waals surface area (Å²) in [5.74, 6) is 0.764. The Labute approximate surface area is 80.5 Å². The lowest BCUT2D eigenvalue weighted by Gasteiger charge is -2.35. The van der Waals surface area contributed by atoms with E-state index < -0.39 is 0 Å². The number of hydrogen-bond acceptors (Lipinski definition) is 2. The van der Waals surface area contributed by atoms with Crippen molar-refractivity contribution in [2.45, 2.75) is 18.9 Å². The summed E-state index contributed by atoms with van der Waals surface area (Å²) >= 11 is 5.71. The van der Waals surface area contributed by atoms with Gasteiger partial charge in [0.05, 0.1) is 0 Å². The summed E-state index contributed by atoms with van der Waals surface area (Å²) in [6.07, 6.45) is 2.66. The van der Waals surface area contributed by atoms with Crippen LogP contribution in [0.3, 0.4) is 0 Å². The third-order valence-electron chi connectivity index (χ3n) is 2.61. The van der Waals surface area contributed by atoms with Gasteiger partial charge in [0.2, 0.25) is 0 Å². The number of likely N-dealkylation sites (N-methyl/N-ethyl adjacent to an activating group) is 1. The Morgan fingerprint density at radius 3 is 2.83 bits per heavy atom. The molecule has 0 aromatic carbocycles. The lowest BCUT2D eigenvalue weighted by atomic mass is 10.1. The Morgan fingerprint density at radius 1 is 1.50 bits per heavy atom. The number of likely N-dealkylation sites (tertiary alicyclic amines) is 1. The van der Waals surface area contributed by atoms with Crippen LogP contribution in [0.2, 0.25) is 0 Å². The van der Waals surface area contributed by atoms with Crippen LogP contribution in [-0.2, 0) is 0 Å². The second kappa shape index (κ2) is 5.05. The van der Waals surface area contributed by atoms with Crippen LogP contribution in [-0.4, -0.2) is 55.5 Å². The van der Waals surface area contributed by atoms with E-state index in [2.05, 4.69) is 23.9 Å². The predicted octanol–water partition coefficient (Wildman–Crippen LogP) is 1.25. The first-order chi connectivity index (χ1) is 5.74. The molecule has 0 aliphatic carbocycles. The molecule has 72 valence electrons. The maximum Gasteiger partial charge on any atom is 0.0351 e. The van der Waals surface area contributed by atoms with Gasteiger partial charge in [-0.25, -0.2) is 0 Å². The molecule has 2 nitrogen and oxygen atoms in total. The van der Waals surface area contributed by atoms with Gasteiger partial charge < -0.3 is 9.80 Å². The monoisotopic (exact) mass is 190 g/mol. The van der Waals surface area contributed by atoms with Crippen molar-refractivity contribution in [3.8, 4) is 0 Å². The van der Waals surface area contributed by atoms with E-state index in [1.807, 2.05) is 0 Å². The van der Waals surface area contributed by atoms with Crippen molar-refractivity contribution < 1.29 is 0 Å². The van der Waals surface area contributed by atoms with Crippen molar-refractivity contribution in [3.05, 3.63) is 0 Å².